The molecule has 2 nitrogen and oxygen atoms in total. The summed E-state index contributed by atoms with van der Waals surface area (Å²) in [5.41, 5.74) is 19.4. The highest BCUT2D eigenvalue weighted by atomic mass is 16.3. The van der Waals surface area contributed by atoms with Crippen LogP contribution in [0.5, 0.6) is 0 Å². The van der Waals surface area contributed by atoms with E-state index in [9.17, 15) is 0 Å². The summed E-state index contributed by atoms with van der Waals surface area (Å²) in [4.78, 5) is 2.35. The summed E-state index contributed by atoms with van der Waals surface area (Å²) in [7, 11) is 0. The van der Waals surface area contributed by atoms with E-state index in [0.717, 1.165) is 61.6 Å². The molecule has 0 amide bonds. The van der Waals surface area contributed by atoms with Crippen molar-refractivity contribution in [1.82, 2.24) is 0 Å². The SMILES string of the molecule is c1ccc(-c2ccccc2-c2ccccc2-c2ccc(N(c3ccc(-c4ccc(-c5cccc(-c6cc7ccccc7o6)c5)cc4)cc3)c3ccc(-c4ccc5ccccc5c4)cc3)cc2)cc1. The Morgan fingerprint density at radius 3 is 1.21 bits per heavy atom. The van der Waals surface area contributed by atoms with Gasteiger partial charge in [-0.3, -0.25) is 0 Å². The Labute approximate surface area is 397 Å². The van der Waals surface area contributed by atoms with Gasteiger partial charge in [0.05, 0.1) is 0 Å². The fourth-order valence-electron chi connectivity index (χ4n) is 9.60. The Hall–Kier alpha value is -8.98. The molecule has 1 heterocycles. The highest BCUT2D eigenvalue weighted by Gasteiger charge is 2.17. The molecule has 0 atom stereocenters. The number of furan rings is 1. The molecule has 0 unspecified atom stereocenters. The number of hydrogen-bond acceptors (Lipinski definition) is 2. The summed E-state index contributed by atoms with van der Waals surface area (Å²) in [5.74, 6) is 0.877. The fraction of sp³-hybridized carbons (Fsp3) is 0. The number of hydrogen-bond donors (Lipinski definition) is 0. The minimum absolute atomic E-state index is 0.877. The van der Waals surface area contributed by atoms with E-state index in [1.807, 2.05) is 18.2 Å². The van der Waals surface area contributed by atoms with Gasteiger partial charge in [-0.25, -0.2) is 0 Å². The van der Waals surface area contributed by atoms with Crippen LogP contribution < -0.4 is 4.90 Å². The van der Waals surface area contributed by atoms with Gasteiger partial charge in [0.15, 0.2) is 0 Å². The minimum atomic E-state index is 0.877. The maximum Gasteiger partial charge on any atom is 0.135 e. The standard InChI is InChI=1S/C66H45NO/c1-2-14-51(15-3-1)61-20-7-9-22-63(61)64-23-10-8-21-62(64)52-35-41-60(42-36-52)67(59-39-33-50(34-40-59)55-30-29-46-13-4-5-16-53(46)43-55)58-37-31-48(32-38-58)47-25-27-49(28-26-47)54-18-12-19-56(44-54)66-45-57-17-6-11-24-65(57)68-66/h1-45H. The van der Waals surface area contributed by atoms with Gasteiger partial charge < -0.3 is 9.32 Å². The Bertz CT molecular complexity index is 3670. The molecule has 68 heavy (non-hydrogen) atoms. The molecule has 1 aromatic heterocycles. The summed E-state index contributed by atoms with van der Waals surface area (Å²) in [6.07, 6.45) is 0. The molecule has 2 heteroatoms. The topological polar surface area (TPSA) is 16.4 Å². The fourth-order valence-corrected chi connectivity index (χ4v) is 9.60. The highest BCUT2D eigenvalue weighted by molar-refractivity contribution is 5.93. The van der Waals surface area contributed by atoms with Gasteiger partial charge in [0, 0.05) is 28.0 Å². The molecule has 0 radical (unpaired) electrons. The Morgan fingerprint density at radius 1 is 0.221 bits per heavy atom. The zero-order valence-electron chi connectivity index (χ0n) is 37.3. The summed E-state index contributed by atoms with van der Waals surface area (Å²) >= 11 is 0. The maximum absolute atomic E-state index is 6.20. The van der Waals surface area contributed by atoms with Crippen molar-refractivity contribution in [3.63, 3.8) is 0 Å². The van der Waals surface area contributed by atoms with Crippen molar-refractivity contribution in [2.24, 2.45) is 0 Å². The third-order valence-electron chi connectivity index (χ3n) is 13.1. The first-order valence-corrected chi connectivity index (χ1v) is 23.2. The van der Waals surface area contributed by atoms with Crippen LogP contribution in [0.3, 0.4) is 0 Å². The summed E-state index contributed by atoms with van der Waals surface area (Å²) in [6.45, 7) is 0. The minimum Gasteiger partial charge on any atom is -0.456 e. The van der Waals surface area contributed by atoms with E-state index in [1.165, 1.54) is 55.3 Å². The molecule has 11 aromatic carbocycles. The molecular formula is C66H45NO. The lowest BCUT2D eigenvalue weighted by Crippen LogP contribution is -2.09. The second-order valence-corrected chi connectivity index (χ2v) is 17.3. The lowest BCUT2D eigenvalue weighted by molar-refractivity contribution is 0.631. The summed E-state index contributed by atoms with van der Waals surface area (Å²) in [6, 6.07) is 98.0. The number of benzene rings is 11. The molecule has 320 valence electrons. The summed E-state index contributed by atoms with van der Waals surface area (Å²) in [5, 5.41) is 3.59. The van der Waals surface area contributed by atoms with E-state index in [4.69, 9.17) is 4.42 Å². The van der Waals surface area contributed by atoms with Crippen LogP contribution in [0.2, 0.25) is 0 Å². The molecule has 0 N–H and O–H groups in total. The van der Waals surface area contributed by atoms with Gasteiger partial charge >= 0.3 is 0 Å². The van der Waals surface area contributed by atoms with E-state index in [-0.39, 0.29) is 0 Å². The van der Waals surface area contributed by atoms with E-state index >= 15 is 0 Å². The normalized spacial score (nSPS) is 11.2. The number of nitrogens with zero attached hydrogens (tertiary/aromatic N) is 1. The molecule has 12 rings (SSSR count). The second-order valence-electron chi connectivity index (χ2n) is 17.3. The van der Waals surface area contributed by atoms with Crippen LogP contribution in [0.15, 0.2) is 277 Å². The van der Waals surface area contributed by atoms with Gasteiger partial charge in [-0.15, -0.1) is 0 Å². The number of anilines is 3. The van der Waals surface area contributed by atoms with Gasteiger partial charge in [-0.05, 0) is 138 Å². The first kappa shape index (κ1) is 40.5. The molecular weight excluding hydrogens is 823 g/mol. The molecule has 0 fully saturated rings. The van der Waals surface area contributed by atoms with E-state index in [0.29, 0.717) is 0 Å². The lowest BCUT2D eigenvalue weighted by atomic mass is 9.89. The molecule has 0 aliphatic rings. The van der Waals surface area contributed by atoms with Gasteiger partial charge in [0.1, 0.15) is 11.3 Å². The van der Waals surface area contributed by atoms with Gasteiger partial charge in [0.25, 0.3) is 0 Å². The van der Waals surface area contributed by atoms with Gasteiger partial charge in [0.2, 0.25) is 0 Å². The van der Waals surface area contributed by atoms with Gasteiger partial charge in [-0.1, -0.05) is 212 Å². The molecule has 0 aliphatic carbocycles. The van der Waals surface area contributed by atoms with Crippen molar-refractivity contribution in [3.05, 3.63) is 273 Å². The average molecular weight is 868 g/mol. The number of rotatable bonds is 10. The van der Waals surface area contributed by atoms with Crippen LogP contribution in [-0.2, 0) is 0 Å². The van der Waals surface area contributed by atoms with Crippen LogP contribution in [0.25, 0.3) is 99.8 Å². The second kappa shape index (κ2) is 17.8. The first-order chi connectivity index (χ1) is 33.7. The van der Waals surface area contributed by atoms with Crippen molar-refractivity contribution < 1.29 is 4.42 Å². The predicted molar refractivity (Wildman–Crippen MR) is 286 cm³/mol. The predicted octanol–water partition coefficient (Wildman–Crippen LogP) is 18.7. The van der Waals surface area contributed by atoms with Crippen molar-refractivity contribution in [1.29, 1.82) is 0 Å². The Kier molecular flexibility index (Phi) is 10.6. The van der Waals surface area contributed by atoms with E-state index in [2.05, 4.69) is 260 Å². The molecule has 0 aliphatic heterocycles. The highest BCUT2D eigenvalue weighted by Crippen LogP contribution is 2.42. The zero-order valence-corrected chi connectivity index (χ0v) is 37.3. The van der Waals surface area contributed by atoms with Crippen molar-refractivity contribution in [2.45, 2.75) is 0 Å². The molecule has 0 bridgehead atoms. The van der Waals surface area contributed by atoms with E-state index < -0.39 is 0 Å². The number of para-hydroxylation sites is 1. The van der Waals surface area contributed by atoms with Crippen molar-refractivity contribution in [3.8, 4) is 78.1 Å². The van der Waals surface area contributed by atoms with Crippen LogP contribution >= 0.6 is 0 Å². The van der Waals surface area contributed by atoms with Crippen molar-refractivity contribution in [2.75, 3.05) is 4.90 Å². The van der Waals surface area contributed by atoms with Crippen LogP contribution in [-0.4, -0.2) is 0 Å². The molecule has 0 spiro atoms. The molecule has 12 aromatic rings. The first-order valence-electron chi connectivity index (χ1n) is 23.2. The smallest absolute Gasteiger partial charge is 0.135 e. The monoisotopic (exact) mass is 867 g/mol. The van der Waals surface area contributed by atoms with Crippen LogP contribution in [0, 0.1) is 0 Å². The maximum atomic E-state index is 6.20. The largest absolute Gasteiger partial charge is 0.456 e. The zero-order chi connectivity index (χ0) is 45.2. The average Bonchev–Trinajstić information content (AvgIpc) is 3.87. The Balaban J connectivity index is 0.866. The van der Waals surface area contributed by atoms with Crippen LogP contribution in [0.4, 0.5) is 17.1 Å². The molecule has 0 saturated carbocycles. The van der Waals surface area contributed by atoms with Gasteiger partial charge in [-0.2, -0.15) is 0 Å². The third kappa shape index (κ3) is 7.95. The van der Waals surface area contributed by atoms with E-state index in [1.54, 1.807) is 0 Å². The van der Waals surface area contributed by atoms with Crippen LogP contribution in [0.1, 0.15) is 0 Å². The summed E-state index contributed by atoms with van der Waals surface area (Å²) < 4.78 is 6.20. The lowest BCUT2D eigenvalue weighted by Gasteiger charge is -2.26. The van der Waals surface area contributed by atoms with Crippen molar-refractivity contribution >= 4 is 38.8 Å². The third-order valence-corrected chi connectivity index (χ3v) is 13.1. The number of fused-ring (bicyclic) bond motifs is 2. The quantitative estimate of drug-likeness (QED) is 0.136. The Morgan fingerprint density at radius 2 is 0.618 bits per heavy atom. The molecule has 0 saturated heterocycles.